The SMILES string of the molecule is COc1ccc(-c2nc(CC(=O)OCC(=O)NC3CCCc4ccccc43)cs2)cc1OC. The maximum absolute atomic E-state index is 12.4. The average Bonchev–Trinajstić information content (AvgIpc) is 3.31. The van der Waals surface area contributed by atoms with Crippen LogP contribution >= 0.6 is 11.3 Å². The van der Waals surface area contributed by atoms with Crippen LogP contribution in [0.3, 0.4) is 0 Å². The van der Waals surface area contributed by atoms with Gasteiger partial charge in [-0.15, -0.1) is 11.3 Å². The van der Waals surface area contributed by atoms with Gasteiger partial charge in [0.05, 0.1) is 32.4 Å². The smallest absolute Gasteiger partial charge is 0.312 e. The molecule has 2 aromatic carbocycles. The van der Waals surface area contributed by atoms with Crippen LogP contribution in [0.4, 0.5) is 0 Å². The average molecular weight is 467 g/mol. The van der Waals surface area contributed by atoms with E-state index in [1.165, 1.54) is 16.9 Å². The molecule has 7 nitrogen and oxygen atoms in total. The second kappa shape index (κ2) is 10.5. The minimum absolute atomic E-state index is 0.00331. The third kappa shape index (κ3) is 5.51. The van der Waals surface area contributed by atoms with E-state index in [-0.39, 0.29) is 25.0 Å². The number of rotatable bonds is 8. The second-order valence-electron chi connectivity index (χ2n) is 7.76. The highest BCUT2D eigenvalue weighted by atomic mass is 32.1. The molecule has 1 heterocycles. The van der Waals surface area contributed by atoms with Gasteiger partial charge in [0.25, 0.3) is 5.91 Å². The molecule has 1 aliphatic rings. The lowest BCUT2D eigenvalue weighted by Crippen LogP contribution is -2.34. The quantitative estimate of drug-likeness (QED) is 0.503. The summed E-state index contributed by atoms with van der Waals surface area (Å²) >= 11 is 1.42. The Morgan fingerprint density at radius 2 is 1.94 bits per heavy atom. The number of carbonyl (C=O) groups excluding carboxylic acids is 2. The molecule has 1 N–H and O–H groups in total. The van der Waals surface area contributed by atoms with Crippen LogP contribution in [-0.4, -0.2) is 37.7 Å². The van der Waals surface area contributed by atoms with E-state index in [0.717, 1.165) is 35.4 Å². The van der Waals surface area contributed by atoms with Crippen molar-refractivity contribution in [3.05, 3.63) is 64.7 Å². The lowest BCUT2D eigenvalue weighted by Gasteiger charge is -2.26. The number of nitrogens with one attached hydrogen (secondary N) is 1. The molecule has 1 amide bonds. The van der Waals surface area contributed by atoms with E-state index in [1.54, 1.807) is 14.2 Å². The second-order valence-corrected chi connectivity index (χ2v) is 8.62. The van der Waals surface area contributed by atoms with Gasteiger partial charge in [-0.1, -0.05) is 24.3 Å². The van der Waals surface area contributed by atoms with Gasteiger partial charge in [0.2, 0.25) is 0 Å². The molecule has 172 valence electrons. The van der Waals surface area contributed by atoms with Crippen molar-refractivity contribution in [3.63, 3.8) is 0 Å². The number of thiazole rings is 1. The van der Waals surface area contributed by atoms with Crippen molar-refractivity contribution in [2.45, 2.75) is 31.7 Å². The molecule has 0 saturated heterocycles. The summed E-state index contributed by atoms with van der Waals surface area (Å²) in [6, 6.07) is 13.6. The number of fused-ring (bicyclic) bond motifs is 1. The van der Waals surface area contributed by atoms with Gasteiger partial charge < -0.3 is 19.5 Å². The highest BCUT2D eigenvalue weighted by Gasteiger charge is 2.22. The third-order valence-electron chi connectivity index (χ3n) is 5.58. The summed E-state index contributed by atoms with van der Waals surface area (Å²) in [6.07, 6.45) is 2.93. The largest absolute Gasteiger partial charge is 0.493 e. The molecule has 1 aliphatic carbocycles. The molecular formula is C25H26N2O5S. The normalized spacial score (nSPS) is 14.8. The number of hydrogen-bond donors (Lipinski definition) is 1. The van der Waals surface area contributed by atoms with Crippen molar-refractivity contribution >= 4 is 23.2 Å². The van der Waals surface area contributed by atoms with Gasteiger partial charge >= 0.3 is 5.97 Å². The first-order valence-electron chi connectivity index (χ1n) is 10.8. The van der Waals surface area contributed by atoms with Crippen LogP contribution in [-0.2, 0) is 27.2 Å². The molecule has 0 aliphatic heterocycles. The summed E-state index contributed by atoms with van der Waals surface area (Å²) in [7, 11) is 3.16. The van der Waals surface area contributed by atoms with Crippen LogP contribution in [0.2, 0.25) is 0 Å². The molecule has 1 atom stereocenters. The number of amides is 1. The van der Waals surface area contributed by atoms with Crippen LogP contribution in [0.5, 0.6) is 11.5 Å². The topological polar surface area (TPSA) is 86.8 Å². The molecular weight excluding hydrogens is 440 g/mol. The number of aromatic nitrogens is 1. The number of benzene rings is 2. The number of esters is 1. The summed E-state index contributed by atoms with van der Waals surface area (Å²) in [6.45, 7) is -0.301. The first-order valence-corrected chi connectivity index (χ1v) is 11.6. The molecule has 0 fully saturated rings. The lowest BCUT2D eigenvalue weighted by molar-refractivity contribution is -0.148. The van der Waals surface area contributed by atoms with E-state index in [9.17, 15) is 9.59 Å². The Labute approximate surface area is 196 Å². The number of ether oxygens (including phenoxy) is 3. The first-order chi connectivity index (χ1) is 16.1. The lowest BCUT2D eigenvalue weighted by atomic mass is 9.88. The molecule has 0 radical (unpaired) electrons. The summed E-state index contributed by atoms with van der Waals surface area (Å²) in [4.78, 5) is 29.1. The molecule has 0 saturated carbocycles. The number of hydrogen-bond acceptors (Lipinski definition) is 7. The highest BCUT2D eigenvalue weighted by molar-refractivity contribution is 7.13. The minimum atomic E-state index is -0.488. The predicted molar refractivity (Wildman–Crippen MR) is 126 cm³/mol. The summed E-state index contributed by atoms with van der Waals surface area (Å²) in [5, 5.41) is 5.56. The van der Waals surface area contributed by atoms with Gasteiger partial charge in [0, 0.05) is 10.9 Å². The molecule has 4 rings (SSSR count). The summed E-state index contributed by atoms with van der Waals surface area (Å²) in [5.74, 6) is 0.460. The Hall–Kier alpha value is -3.39. The third-order valence-corrected chi connectivity index (χ3v) is 6.52. The monoisotopic (exact) mass is 466 g/mol. The van der Waals surface area contributed by atoms with Gasteiger partial charge in [0.1, 0.15) is 5.01 Å². The van der Waals surface area contributed by atoms with Crippen LogP contribution in [0.25, 0.3) is 10.6 Å². The fraction of sp³-hybridized carbons (Fsp3) is 0.320. The van der Waals surface area contributed by atoms with Gasteiger partial charge in [-0.3, -0.25) is 9.59 Å². The molecule has 8 heteroatoms. The summed E-state index contributed by atoms with van der Waals surface area (Å²) < 4.78 is 15.8. The van der Waals surface area contributed by atoms with Crippen molar-refractivity contribution in [2.75, 3.05) is 20.8 Å². The number of carbonyl (C=O) groups is 2. The maximum atomic E-state index is 12.4. The minimum Gasteiger partial charge on any atom is -0.493 e. The molecule has 3 aromatic rings. The number of aryl methyl sites for hydroxylation is 1. The van der Waals surface area contributed by atoms with Crippen molar-refractivity contribution in [3.8, 4) is 22.1 Å². The van der Waals surface area contributed by atoms with Crippen molar-refractivity contribution in [1.29, 1.82) is 0 Å². The van der Waals surface area contributed by atoms with Crippen LogP contribution in [0, 0.1) is 0 Å². The van der Waals surface area contributed by atoms with E-state index < -0.39 is 5.97 Å². The molecule has 0 bridgehead atoms. The molecule has 33 heavy (non-hydrogen) atoms. The standard InChI is InChI=1S/C25H26N2O5S/c1-30-21-11-10-17(12-22(21)31-2)25-26-18(15-33-25)13-24(29)32-14-23(28)27-20-9-5-7-16-6-3-4-8-19(16)20/h3-4,6,8,10-12,15,20H,5,7,9,13-14H2,1-2H3,(H,27,28). The van der Waals surface area contributed by atoms with Gasteiger partial charge in [-0.25, -0.2) is 4.98 Å². The fourth-order valence-corrected chi connectivity index (χ4v) is 4.79. The highest BCUT2D eigenvalue weighted by Crippen LogP contribution is 2.33. The Morgan fingerprint density at radius 3 is 2.76 bits per heavy atom. The van der Waals surface area contributed by atoms with E-state index in [1.807, 2.05) is 41.8 Å². The number of methoxy groups -OCH3 is 2. The molecule has 1 aromatic heterocycles. The Kier molecular flexibility index (Phi) is 7.24. The zero-order valence-corrected chi connectivity index (χ0v) is 19.4. The zero-order chi connectivity index (χ0) is 23.2. The van der Waals surface area contributed by atoms with Crippen LogP contribution < -0.4 is 14.8 Å². The van der Waals surface area contributed by atoms with Crippen molar-refractivity contribution < 1.29 is 23.8 Å². The number of nitrogens with zero attached hydrogens (tertiary/aromatic N) is 1. The Bertz CT molecular complexity index is 1140. The van der Waals surface area contributed by atoms with E-state index in [0.29, 0.717) is 17.2 Å². The maximum Gasteiger partial charge on any atom is 0.312 e. The van der Waals surface area contributed by atoms with E-state index in [4.69, 9.17) is 14.2 Å². The first kappa shape index (κ1) is 22.8. The Morgan fingerprint density at radius 1 is 1.12 bits per heavy atom. The fourth-order valence-electron chi connectivity index (χ4n) is 3.97. The van der Waals surface area contributed by atoms with Crippen LogP contribution in [0.15, 0.2) is 47.8 Å². The van der Waals surface area contributed by atoms with Crippen molar-refractivity contribution in [1.82, 2.24) is 10.3 Å². The van der Waals surface area contributed by atoms with Crippen LogP contribution in [0.1, 0.15) is 35.7 Å². The van der Waals surface area contributed by atoms with Crippen molar-refractivity contribution in [2.24, 2.45) is 0 Å². The zero-order valence-electron chi connectivity index (χ0n) is 18.6. The van der Waals surface area contributed by atoms with Gasteiger partial charge in [-0.2, -0.15) is 0 Å². The molecule has 1 unspecified atom stereocenters. The van der Waals surface area contributed by atoms with Gasteiger partial charge in [-0.05, 0) is 48.6 Å². The molecule has 0 spiro atoms. The van der Waals surface area contributed by atoms with E-state index in [2.05, 4.69) is 16.4 Å². The van der Waals surface area contributed by atoms with E-state index >= 15 is 0 Å². The summed E-state index contributed by atoms with van der Waals surface area (Å²) in [5.41, 5.74) is 3.87. The Balaban J connectivity index is 1.29. The van der Waals surface area contributed by atoms with Gasteiger partial charge in [0.15, 0.2) is 18.1 Å². The predicted octanol–water partition coefficient (Wildman–Crippen LogP) is 4.11.